The van der Waals surface area contributed by atoms with Crippen LogP contribution in [0.5, 0.6) is 0 Å². The molecule has 0 unspecified atom stereocenters. The van der Waals surface area contributed by atoms with Crippen LogP contribution in [0, 0.1) is 0 Å². The van der Waals surface area contributed by atoms with Gasteiger partial charge in [-0.25, -0.2) is 4.79 Å². The number of carbonyl (C=O) groups is 1. The molecule has 5 nitrogen and oxygen atoms in total. The Morgan fingerprint density at radius 2 is 1.91 bits per heavy atom. The fourth-order valence-corrected chi connectivity index (χ4v) is 2.91. The van der Waals surface area contributed by atoms with Gasteiger partial charge in [-0.15, -0.1) is 0 Å². The molecule has 2 heterocycles. The highest BCUT2D eigenvalue weighted by molar-refractivity contribution is 9.10. The fourth-order valence-electron chi connectivity index (χ4n) is 2.64. The summed E-state index contributed by atoms with van der Waals surface area (Å²) in [7, 11) is 0. The van der Waals surface area contributed by atoms with Crippen LogP contribution in [0.2, 0.25) is 0 Å². The van der Waals surface area contributed by atoms with E-state index in [-0.39, 0.29) is 5.97 Å². The third-order valence-corrected chi connectivity index (χ3v) is 4.39. The molecule has 118 valence electrons. The summed E-state index contributed by atoms with van der Waals surface area (Å²) in [4.78, 5) is 14.3. The van der Waals surface area contributed by atoms with Gasteiger partial charge in [0.1, 0.15) is 6.61 Å². The van der Waals surface area contributed by atoms with Crippen molar-refractivity contribution in [2.24, 2.45) is 0 Å². The van der Waals surface area contributed by atoms with Crippen molar-refractivity contribution in [2.45, 2.75) is 0 Å². The second-order valence-corrected chi connectivity index (χ2v) is 6.23. The van der Waals surface area contributed by atoms with Gasteiger partial charge in [-0.05, 0) is 17.7 Å². The SMILES string of the molecule is O=C1OCC(NCCN2CCOCC2)=C1c1ccc(Br)cc1. The number of nitrogens with one attached hydrogen (secondary N) is 1. The van der Waals surface area contributed by atoms with Crippen LogP contribution in [0.1, 0.15) is 5.56 Å². The quantitative estimate of drug-likeness (QED) is 0.802. The minimum Gasteiger partial charge on any atom is -0.456 e. The number of ether oxygens (including phenoxy) is 2. The molecule has 0 spiro atoms. The van der Waals surface area contributed by atoms with E-state index in [2.05, 4.69) is 26.1 Å². The number of rotatable bonds is 5. The van der Waals surface area contributed by atoms with Crippen LogP contribution in [0.25, 0.3) is 5.57 Å². The lowest BCUT2D eigenvalue weighted by Gasteiger charge is -2.26. The van der Waals surface area contributed by atoms with E-state index in [1.165, 1.54) is 0 Å². The van der Waals surface area contributed by atoms with E-state index >= 15 is 0 Å². The smallest absolute Gasteiger partial charge is 0.341 e. The molecule has 1 N–H and O–H groups in total. The molecule has 2 aliphatic rings. The molecule has 1 fully saturated rings. The molecule has 1 aromatic carbocycles. The van der Waals surface area contributed by atoms with Crippen LogP contribution in [0.3, 0.4) is 0 Å². The van der Waals surface area contributed by atoms with E-state index in [1.807, 2.05) is 24.3 Å². The van der Waals surface area contributed by atoms with Crippen molar-refractivity contribution in [3.05, 3.63) is 40.0 Å². The van der Waals surface area contributed by atoms with Crippen molar-refractivity contribution in [1.82, 2.24) is 10.2 Å². The van der Waals surface area contributed by atoms with Crippen molar-refractivity contribution in [3.8, 4) is 0 Å². The van der Waals surface area contributed by atoms with Crippen molar-refractivity contribution in [3.63, 3.8) is 0 Å². The molecule has 0 saturated carbocycles. The van der Waals surface area contributed by atoms with Crippen LogP contribution >= 0.6 is 15.9 Å². The van der Waals surface area contributed by atoms with Crippen LogP contribution in [-0.2, 0) is 14.3 Å². The maximum absolute atomic E-state index is 12.0. The molecule has 0 bridgehead atoms. The van der Waals surface area contributed by atoms with Crippen LogP contribution < -0.4 is 5.32 Å². The second kappa shape index (κ2) is 7.26. The first-order valence-electron chi connectivity index (χ1n) is 7.44. The molecule has 1 saturated heterocycles. The Morgan fingerprint density at radius 3 is 2.64 bits per heavy atom. The number of carbonyl (C=O) groups excluding carboxylic acids is 1. The predicted octanol–water partition coefficient (Wildman–Crippen LogP) is 1.64. The Morgan fingerprint density at radius 1 is 1.18 bits per heavy atom. The Balaban J connectivity index is 1.64. The average Bonchev–Trinajstić information content (AvgIpc) is 2.90. The summed E-state index contributed by atoms with van der Waals surface area (Å²) in [6, 6.07) is 7.71. The topological polar surface area (TPSA) is 50.8 Å². The third-order valence-electron chi connectivity index (χ3n) is 3.86. The number of halogens is 1. The summed E-state index contributed by atoms with van der Waals surface area (Å²) < 4.78 is 11.5. The number of esters is 1. The Labute approximate surface area is 138 Å². The molecule has 0 amide bonds. The number of cyclic esters (lactones) is 1. The van der Waals surface area contributed by atoms with Gasteiger partial charge in [-0.2, -0.15) is 0 Å². The first-order valence-corrected chi connectivity index (χ1v) is 8.23. The first kappa shape index (κ1) is 15.5. The molecule has 2 aliphatic heterocycles. The van der Waals surface area contributed by atoms with Gasteiger partial charge in [0.15, 0.2) is 0 Å². The molecular weight excluding hydrogens is 348 g/mol. The number of benzene rings is 1. The van der Waals surface area contributed by atoms with Crippen molar-refractivity contribution < 1.29 is 14.3 Å². The molecule has 3 rings (SSSR count). The molecular formula is C16H19BrN2O3. The highest BCUT2D eigenvalue weighted by atomic mass is 79.9. The second-order valence-electron chi connectivity index (χ2n) is 5.32. The average molecular weight is 367 g/mol. The van der Waals surface area contributed by atoms with Crippen LogP contribution in [-0.4, -0.2) is 56.9 Å². The molecule has 22 heavy (non-hydrogen) atoms. The van der Waals surface area contributed by atoms with Gasteiger partial charge in [-0.1, -0.05) is 28.1 Å². The molecule has 0 aliphatic carbocycles. The van der Waals surface area contributed by atoms with Crippen LogP contribution in [0.15, 0.2) is 34.4 Å². The first-order chi connectivity index (χ1) is 10.7. The minimum absolute atomic E-state index is 0.254. The van der Waals surface area contributed by atoms with Gasteiger partial charge >= 0.3 is 5.97 Å². The summed E-state index contributed by atoms with van der Waals surface area (Å²) >= 11 is 3.41. The Hall–Kier alpha value is -1.37. The number of nitrogens with zero attached hydrogens (tertiary/aromatic N) is 1. The van der Waals surface area contributed by atoms with Gasteiger partial charge in [0.25, 0.3) is 0 Å². The van der Waals surface area contributed by atoms with Crippen molar-refractivity contribution in [2.75, 3.05) is 46.0 Å². The highest BCUT2D eigenvalue weighted by Crippen LogP contribution is 2.26. The lowest BCUT2D eigenvalue weighted by atomic mass is 10.1. The minimum atomic E-state index is -0.254. The van der Waals surface area contributed by atoms with E-state index in [0.29, 0.717) is 12.2 Å². The largest absolute Gasteiger partial charge is 0.456 e. The van der Waals surface area contributed by atoms with Gasteiger partial charge in [0, 0.05) is 30.7 Å². The molecule has 0 radical (unpaired) electrons. The number of hydrogen-bond acceptors (Lipinski definition) is 5. The van der Waals surface area contributed by atoms with E-state index < -0.39 is 0 Å². The molecule has 6 heteroatoms. The summed E-state index contributed by atoms with van der Waals surface area (Å²) in [5.41, 5.74) is 2.41. The van der Waals surface area contributed by atoms with Gasteiger partial charge in [0.2, 0.25) is 0 Å². The predicted molar refractivity (Wildman–Crippen MR) is 87.3 cm³/mol. The summed E-state index contributed by atoms with van der Waals surface area (Å²) in [6.07, 6.45) is 0. The van der Waals surface area contributed by atoms with Crippen LogP contribution in [0.4, 0.5) is 0 Å². The van der Waals surface area contributed by atoms with E-state index in [1.54, 1.807) is 0 Å². The Bertz CT molecular complexity index is 565. The summed E-state index contributed by atoms with van der Waals surface area (Å²) in [6.45, 7) is 5.60. The zero-order chi connectivity index (χ0) is 15.4. The van der Waals surface area contributed by atoms with E-state index in [9.17, 15) is 4.79 Å². The fraction of sp³-hybridized carbons (Fsp3) is 0.438. The van der Waals surface area contributed by atoms with Crippen molar-refractivity contribution in [1.29, 1.82) is 0 Å². The van der Waals surface area contributed by atoms with Gasteiger partial charge < -0.3 is 14.8 Å². The lowest BCUT2D eigenvalue weighted by molar-refractivity contribution is -0.134. The lowest BCUT2D eigenvalue weighted by Crippen LogP contribution is -2.40. The van der Waals surface area contributed by atoms with E-state index in [0.717, 1.165) is 55.1 Å². The maximum Gasteiger partial charge on any atom is 0.341 e. The van der Waals surface area contributed by atoms with Crippen molar-refractivity contribution >= 4 is 27.5 Å². The molecule has 0 aromatic heterocycles. The third kappa shape index (κ3) is 3.69. The van der Waals surface area contributed by atoms with Gasteiger partial charge in [0.05, 0.1) is 24.5 Å². The zero-order valence-electron chi connectivity index (χ0n) is 12.3. The normalized spacial score (nSPS) is 19.4. The number of morpholine rings is 1. The summed E-state index contributed by atoms with van der Waals surface area (Å²) in [5.74, 6) is -0.254. The standard InChI is InChI=1S/C16H19BrN2O3/c17-13-3-1-12(2-4-13)15-14(11-22-16(15)20)18-5-6-19-7-9-21-10-8-19/h1-4,18H,5-11H2. The van der Waals surface area contributed by atoms with Gasteiger partial charge in [-0.3, -0.25) is 4.90 Å². The number of hydrogen-bond donors (Lipinski definition) is 1. The zero-order valence-corrected chi connectivity index (χ0v) is 13.9. The molecule has 0 atom stereocenters. The molecule has 1 aromatic rings. The highest BCUT2D eigenvalue weighted by Gasteiger charge is 2.26. The summed E-state index contributed by atoms with van der Waals surface area (Å²) in [5, 5.41) is 3.36. The Kier molecular flexibility index (Phi) is 5.12. The monoisotopic (exact) mass is 366 g/mol. The van der Waals surface area contributed by atoms with E-state index in [4.69, 9.17) is 9.47 Å². The maximum atomic E-state index is 12.0.